The van der Waals surface area contributed by atoms with Crippen LogP contribution in [-0.2, 0) is 0 Å². The lowest BCUT2D eigenvalue weighted by Crippen LogP contribution is -2.20. The average molecular weight is 253 g/mol. The van der Waals surface area contributed by atoms with E-state index in [0.29, 0.717) is 11.5 Å². The van der Waals surface area contributed by atoms with Crippen LogP contribution in [0.3, 0.4) is 0 Å². The zero-order valence-corrected chi connectivity index (χ0v) is 11.3. The van der Waals surface area contributed by atoms with Gasteiger partial charge in [-0.05, 0) is 55.6 Å². The van der Waals surface area contributed by atoms with Crippen LogP contribution in [0.5, 0.6) is 0 Å². The standard InChI is InChI=1S/C15H21F2N/c1-11(2)10-18-6-4-5-12(3)13-7-14(16)9-15(17)8-13/h5,7-9,11,18H,4,6,10H2,1-3H3. The van der Waals surface area contributed by atoms with E-state index in [1.807, 2.05) is 13.0 Å². The van der Waals surface area contributed by atoms with E-state index in [1.165, 1.54) is 12.1 Å². The Morgan fingerprint density at radius 3 is 2.39 bits per heavy atom. The molecule has 0 fully saturated rings. The first kappa shape index (κ1) is 14.8. The molecule has 0 spiro atoms. The van der Waals surface area contributed by atoms with Crippen LogP contribution in [0.25, 0.3) is 5.57 Å². The van der Waals surface area contributed by atoms with Gasteiger partial charge in [-0.15, -0.1) is 0 Å². The van der Waals surface area contributed by atoms with Gasteiger partial charge in [0.1, 0.15) is 11.6 Å². The van der Waals surface area contributed by atoms with Crippen LogP contribution < -0.4 is 5.32 Å². The lowest BCUT2D eigenvalue weighted by atomic mass is 10.1. The highest BCUT2D eigenvalue weighted by molar-refractivity contribution is 5.63. The van der Waals surface area contributed by atoms with E-state index in [1.54, 1.807) is 0 Å². The molecular weight excluding hydrogens is 232 g/mol. The number of rotatable bonds is 6. The number of allylic oxidation sites excluding steroid dienone is 1. The van der Waals surface area contributed by atoms with Crippen LogP contribution in [0, 0.1) is 17.6 Å². The second-order valence-electron chi connectivity index (χ2n) is 4.93. The molecule has 0 heterocycles. The van der Waals surface area contributed by atoms with Gasteiger partial charge in [0.15, 0.2) is 0 Å². The summed E-state index contributed by atoms with van der Waals surface area (Å²) in [6, 6.07) is 3.61. The quantitative estimate of drug-likeness (QED) is 0.755. The topological polar surface area (TPSA) is 12.0 Å². The summed E-state index contributed by atoms with van der Waals surface area (Å²) in [5, 5.41) is 3.32. The van der Waals surface area contributed by atoms with Crippen molar-refractivity contribution in [1.29, 1.82) is 0 Å². The molecule has 3 heteroatoms. The minimum absolute atomic E-state index is 0.532. The van der Waals surface area contributed by atoms with E-state index in [-0.39, 0.29) is 0 Å². The summed E-state index contributed by atoms with van der Waals surface area (Å²) >= 11 is 0. The Hall–Kier alpha value is -1.22. The Kier molecular flexibility index (Phi) is 5.99. The second-order valence-corrected chi connectivity index (χ2v) is 4.93. The molecule has 0 radical (unpaired) electrons. The number of hydrogen-bond donors (Lipinski definition) is 1. The van der Waals surface area contributed by atoms with Gasteiger partial charge in [-0.3, -0.25) is 0 Å². The number of nitrogens with one attached hydrogen (secondary N) is 1. The average Bonchev–Trinajstić information content (AvgIpc) is 2.26. The molecule has 1 nitrogen and oxygen atoms in total. The number of hydrogen-bond acceptors (Lipinski definition) is 1. The van der Waals surface area contributed by atoms with Crippen LogP contribution in [0.4, 0.5) is 8.78 Å². The molecule has 1 aromatic rings. The first-order valence-electron chi connectivity index (χ1n) is 6.33. The van der Waals surface area contributed by atoms with Gasteiger partial charge in [-0.1, -0.05) is 19.9 Å². The molecule has 0 saturated carbocycles. The molecule has 0 atom stereocenters. The Labute approximate surface area is 108 Å². The summed E-state index contributed by atoms with van der Waals surface area (Å²) in [6.07, 6.45) is 2.86. The molecule has 0 amide bonds. The van der Waals surface area contributed by atoms with E-state index in [2.05, 4.69) is 19.2 Å². The van der Waals surface area contributed by atoms with Crippen molar-refractivity contribution in [3.8, 4) is 0 Å². The van der Waals surface area contributed by atoms with Crippen molar-refractivity contribution in [3.63, 3.8) is 0 Å². The van der Waals surface area contributed by atoms with Gasteiger partial charge in [-0.25, -0.2) is 8.78 Å². The molecule has 0 bridgehead atoms. The van der Waals surface area contributed by atoms with Crippen LogP contribution in [0.1, 0.15) is 32.8 Å². The van der Waals surface area contributed by atoms with Crippen molar-refractivity contribution in [2.45, 2.75) is 27.2 Å². The summed E-state index contributed by atoms with van der Waals surface area (Å²) < 4.78 is 26.1. The highest BCUT2D eigenvalue weighted by Gasteiger charge is 2.01. The zero-order valence-electron chi connectivity index (χ0n) is 11.3. The fourth-order valence-corrected chi connectivity index (χ4v) is 1.68. The van der Waals surface area contributed by atoms with Crippen molar-refractivity contribution < 1.29 is 8.78 Å². The Morgan fingerprint density at radius 2 is 1.83 bits per heavy atom. The van der Waals surface area contributed by atoms with E-state index < -0.39 is 11.6 Å². The van der Waals surface area contributed by atoms with Crippen molar-refractivity contribution in [2.75, 3.05) is 13.1 Å². The third-order valence-electron chi connectivity index (χ3n) is 2.64. The van der Waals surface area contributed by atoms with E-state index in [4.69, 9.17) is 0 Å². The summed E-state index contributed by atoms with van der Waals surface area (Å²) in [5.41, 5.74) is 1.51. The van der Waals surface area contributed by atoms with Gasteiger partial charge >= 0.3 is 0 Å². The first-order chi connectivity index (χ1) is 8.49. The zero-order chi connectivity index (χ0) is 13.5. The van der Waals surface area contributed by atoms with Gasteiger partial charge in [0.05, 0.1) is 0 Å². The third kappa shape index (κ3) is 5.41. The van der Waals surface area contributed by atoms with Gasteiger partial charge in [0.2, 0.25) is 0 Å². The molecule has 0 aliphatic heterocycles. The smallest absolute Gasteiger partial charge is 0.126 e. The summed E-state index contributed by atoms with van der Waals surface area (Å²) in [7, 11) is 0. The third-order valence-corrected chi connectivity index (χ3v) is 2.64. The second kappa shape index (κ2) is 7.27. The fraction of sp³-hybridized carbons (Fsp3) is 0.467. The predicted octanol–water partition coefficient (Wildman–Crippen LogP) is 4.00. The van der Waals surface area contributed by atoms with Gasteiger partial charge in [-0.2, -0.15) is 0 Å². The Bertz CT molecular complexity index is 391. The van der Waals surface area contributed by atoms with Crippen molar-refractivity contribution in [3.05, 3.63) is 41.5 Å². The van der Waals surface area contributed by atoms with Crippen molar-refractivity contribution in [2.24, 2.45) is 5.92 Å². The predicted molar refractivity (Wildman–Crippen MR) is 72.3 cm³/mol. The van der Waals surface area contributed by atoms with Crippen LogP contribution in [-0.4, -0.2) is 13.1 Å². The fourth-order valence-electron chi connectivity index (χ4n) is 1.68. The summed E-state index contributed by atoms with van der Waals surface area (Å²) in [4.78, 5) is 0. The maximum absolute atomic E-state index is 13.0. The van der Waals surface area contributed by atoms with Crippen molar-refractivity contribution >= 4 is 5.57 Å². The van der Waals surface area contributed by atoms with Crippen LogP contribution in [0.2, 0.25) is 0 Å². The monoisotopic (exact) mass is 253 g/mol. The number of halogens is 2. The molecular formula is C15H21F2N. The highest BCUT2D eigenvalue weighted by Crippen LogP contribution is 2.17. The van der Waals surface area contributed by atoms with Gasteiger partial charge < -0.3 is 5.32 Å². The van der Waals surface area contributed by atoms with Gasteiger partial charge in [0, 0.05) is 6.07 Å². The molecule has 100 valence electrons. The minimum Gasteiger partial charge on any atom is -0.316 e. The Morgan fingerprint density at radius 1 is 1.22 bits per heavy atom. The molecule has 0 aromatic heterocycles. The molecule has 1 N–H and O–H groups in total. The lowest BCUT2D eigenvalue weighted by Gasteiger charge is -2.06. The first-order valence-corrected chi connectivity index (χ1v) is 6.33. The highest BCUT2D eigenvalue weighted by atomic mass is 19.1. The summed E-state index contributed by atoms with van der Waals surface area (Å²) in [6.45, 7) is 8.05. The molecule has 1 rings (SSSR count). The van der Waals surface area contributed by atoms with Crippen LogP contribution in [0.15, 0.2) is 24.3 Å². The largest absolute Gasteiger partial charge is 0.316 e. The van der Waals surface area contributed by atoms with E-state index in [0.717, 1.165) is 31.1 Å². The van der Waals surface area contributed by atoms with Crippen LogP contribution >= 0.6 is 0 Å². The minimum atomic E-state index is -0.532. The van der Waals surface area contributed by atoms with E-state index >= 15 is 0 Å². The molecule has 0 aliphatic rings. The normalized spacial score (nSPS) is 12.2. The molecule has 0 aliphatic carbocycles. The maximum Gasteiger partial charge on any atom is 0.126 e. The van der Waals surface area contributed by atoms with E-state index in [9.17, 15) is 8.78 Å². The van der Waals surface area contributed by atoms with Crippen molar-refractivity contribution in [1.82, 2.24) is 5.32 Å². The van der Waals surface area contributed by atoms with Gasteiger partial charge in [0.25, 0.3) is 0 Å². The molecule has 0 unspecified atom stereocenters. The number of benzene rings is 1. The molecule has 1 aromatic carbocycles. The molecule has 0 saturated heterocycles. The summed E-state index contributed by atoms with van der Waals surface area (Å²) in [5.74, 6) is -0.432. The maximum atomic E-state index is 13.0. The molecule has 18 heavy (non-hydrogen) atoms. The Balaban J connectivity index is 2.50. The lowest BCUT2D eigenvalue weighted by molar-refractivity contribution is 0.557. The SMILES string of the molecule is CC(=CCCNCC(C)C)c1cc(F)cc(F)c1.